The molecule has 0 saturated heterocycles. The molecule has 0 fully saturated rings. The van der Waals surface area contributed by atoms with Crippen molar-refractivity contribution in [2.45, 2.75) is 77.6 Å². The third-order valence-electron chi connectivity index (χ3n) is 4.80. The number of ether oxygens (including phenoxy) is 1. The first-order valence-corrected chi connectivity index (χ1v) is 10.3. The Labute approximate surface area is 155 Å². The smallest absolute Gasteiger partial charge is 0.305 e. The first-order chi connectivity index (χ1) is 12.1. The van der Waals surface area contributed by atoms with E-state index in [4.69, 9.17) is 14.9 Å². The van der Waals surface area contributed by atoms with Crippen molar-refractivity contribution in [3.63, 3.8) is 0 Å². The molecule has 0 heterocycles. The summed E-state index contributed by atoms with van der Waals surface area (Å²) < 4.78 is 6.16. The first-order valence-electron chi connectivity index (χ1n) is 10.3. The van der Waals surface area contributed by atoms with Crippen LogP contribution in [0.5, 0.6) is 0 Å². The van der Waals surface area contributed by atoms with E-state index >= 15 is 0 Å². The minimum atomic E-state index is -0.0755. The highest BCUT2D eigenvalue weighted by molar-refractivity contribution is 5.69. The Kier molecular flexibility index (Phi) is 16.4. The maximum Gasteiger partial charge on any atom is 0.305 e. The van der Waals surface area contributed by atoms with Gasteiger partial charge in [0.25, 0.3) is 0 Å². The quantitative estimate of drug-likeness (QED) is 0.224. The molecule has 0 atom stereocenters. The van der Waals surface area contributed by atoms with E-state index in [1.165, 1.54) is 32.1 Å². The van der Waals surface area contributed by atoms with Crippen LogP contribution >= 0.6 is 0 Å². The Morgan fingerprint density at radius 3 is 1.88 bits per heavy atom. The molecular weight excluding hydrogens is 318 g/mol. The van der Waals surface area contributed by atoms with Crippen LogP contribution in [0, 0.1) is 0 Å². The highest BCUT2D eigenvalue weighted by atomic mass is 16.5. The molecule has 0 amide bonds. The maximum absolute atomic E-state index is 11.8. The summed E-state index contributed by atoms with van der Waals surface area (Å²) in [4.78, 5) is 11.8. The number of carbonyl (C=O) groups is 1. The molecular formula is C20H42NO4+. The number of aliphatic hydroxyl groups is 2. The molecule has 0 aliphatic rings. The summed E-state index contributed by atoms with van der Waals surface area (Å²) in [6, 6.07) is 0. The van der Waals surface area contributed by atoms with E-state index in [9.17, 15) is 4.79 Å². The Morgan fingerprint density at radius 2 is 1.32 bits per heavy atom. The van der Waals surface area contributed by atoms with E-state index in [2.05, 4.69) is 14.0 Å². The molecule has 25 heavy (non-hydrogen) atoms. The third kappa shape index (κ3) is 15.3. The normalized spacial score (nSPS) is 11.7. The lowest BCUT2D eigenvalue weighted by Crippen LogP contribution is -2.47. The molecule has 0 unspecified atom stereocenters. The van der Waals surface area contributed by atoms with Gasteiger partial charge in [0.05, 0.1) is 33.3 Å². The Balaban J connectivity index is 3.72. The molecule has 0 saturated carbocycles. The summed E-state index contributed by atoms with van der Waals surface area (Å²) in [5.41, 5.74) is 0. The van der Waals surface area contributed by atoms with Crippen LogP contribution in [-0.2, 0) is 9.53 Å². The summed E-state index contributed by atoms with van der Waals surface area (Å²) in [6.45, 7) is 5.77. The molecule has 0 aliphatic carbocycles. The predicted molar refractivity (Wildman–Crippen MR) is 102 cm³/mol. The molecule has 5 heteroatoms. The SMILES string of the molecule is CCCCCCCCCC(=O)OCCC[N+](C)(CCCO)CCCO. The number of carbonyl (C=O) groups excluding carboxylic acids is 1. The van der Waals surface area contributed by atoms with Crippen LogP contribution in [-0.4, -0.2) is 67.2 Å². The number of esters is 1. The van der Waals surface area contributed by atoms with Crippen molar-refractivity contribution in [1.29, 1.82) is 0 Å². The summed E-state index contributed by atoms with van der Waals surface area (Å²) in [5, 5.41) is 18.1. The monoisotopic (exact) mass is 360 g/mol. The fourth-order valence-corrected chi connectivity index (χ4v) is 3.17. The van der Waals surface area contributed by atoms with Crippen molar-refractivity contribution in [3.05, 3.63) is 0 Å². The van der Waals surface area contributed by atoms with Crippen molar-refractivity contribution in [2.24, 2.45) is 0 Å². The van der Waals surface area contributed by atoms with Gasteiger partial charge in [0.1, 0.15) is 0 Å². The fourth-order valence-electron chi connectivity index (χ4n) is 3.17. The number of unbranched alkanes of at least 4 members (excludes halogenated alkanes) is 6. The van der Waals surface area contributed by atoms with Crippen molar-refractivity contribution in [2.75, 3.05) is 46.5 Å². The Morgan fingerprint density at radius 1 is 0.800 bits per heavy atom. The summed E-state index contributed by atoms with van der Waals surface area (Å²) in [5.74, 6) is -0.0755. The van der Waals surface area contributed by atoms with Gasteiger partial charge < -0.3 is 19.4 Å². The highest BCUT2D eigenvalue weighted by Crippen LogP contribution is 2.10. The lowest BCUT2D eigenvalue weighted by Gasteiger charge is -2.34. The van der Waals surface area contributed by atoms with Gasteiger partial charge in [-0.1, -0.05) is 45.4 Å². The van der Waals surface area contributed by atoms with Gasteiger partial charge in [0, 0.05) is 38.9 Å². The van der Waals surface area contributed by atoms with E-state index < -0.39 is 0 Å². The minimum Gasteiger partial charge on any atom is -0.465 e. The number of aliphatic hydroxyl groups excluding tert-OH is 2. The second kappa shape index (κ2) is 16.8. The predicted octanol–water partition coefficient (Wildman–Crippen LogP) is 3.27. The topological polar surface area (TPSA) is 66.8 Å². The highest BCUT2D eigenvalue weighted by Gasteiger charge is 2.20. The molecule has 0 rings (SSSR count). The van der Waals surface area contributed by atoms with Crippen molar-refractivity contribution in [1.82, 2.24) is 0 Å². The third-order valence-corrected chi connectivity index (χ3v) is 4.80. The number of rotatable bonds is 18. The van der Waals surface area contributed by atoms with E-state index in [0.29, 0.717) is 13.0 Å². The molecule has 0 aromatic heterocycles. The molecule has 0 aromatic carbocycles. The molecule has 0 aromatic rings. The number of hydrogen-bond donors (Lipinski definition) is 2. The van der Waals surface area contributed by atoms with E-state index in [1.54, 1.807) is 0 Å². The lowest BCUT2D eigenvalue weighted by atomic mass is 10.1. The van der Waals surface area contributed by atoms with Crippen LogP contribution in [0.15, 0.2) is 0 Å². The summed E-state index contributed by atoms with van der Waals surface area (Å²) >= 11 is 0. The van der Waals surface area contributed by atoms with Crippen LogP contribution in [0.2, 0.25) is 0 Å². The van der Waals surface area contributed by atoms with Crippen LogP contribution < -0.4 is 0 Å². The van der Waals surface area contributed by atoms with Crippen molar-refractivity contribution in [3.8, 4) is 0 Å². The summed E-state index contributed by atoms with van der Waals surface area (Å²) in [6.07, 6.45) is 11.3. The second-order valence-corrected chi connectivity index (χ2v) is 7.39. The molecule has 150 valence electrons. The van der Waals surface area contributed by atoms with Gasteiger partial charge >= 0.3 is 5.97 Å². The Hall–Kier alpha value is -0.650. The molecule has 0 bridgehead atoms. The second-order valence-electron chi connectivity index (χ2n) is 7.39. The van der Waals surface area contributed by atoms with E-state index in [1.807, 2.05) is 0 Å². The number of hydrogen-bond acceptors (Lipinski definition) is 4. The van der Waals surface area contributed by atoms with Crippen molar-refractivity contribution >= 4 is 5.97 Å². The van der Waals surface area contributed by atoms with Crippen LogP contribution in [0.4, 0.5) is 0 Å². The molecule has 5 nitrogen and oxygen atoms in total. The van der Waals surface area contributed by atoms with Gasteiger partial charge in [0.15, 0.2) is 0 Å². The van der Waals surface area contributed by atoms with Crippen LogP contribution in [0.1, 0.15) is 77.6 Å². The summed E-state index contributed by atoms with van der Waals surface area (Å²) in [7, 11) is 2.14. The van der Waals surface area contributed by atoms with Gasteiger partial charge in [-0.2, -0.15) is 0 Å². The number of nitrogens with zero attached hydrogens (tertiary/aromatic N) is 1. The molecule has 0 aliphatic heterocycles. The maximum atomic E-state index is 11.8. The van der Waals surface area contributed by atoms with Crippen molar-refractivity contribution < 1.29 is 24.2 Å². The van der Waals surface area contributed by atoms with Gasteiger partial charge in [-0.05, 0) is 6.42 Å². The van der Waals surface area contributed by atoms with Gasteiger partial charge in [-0.25, -0.2) is 0 Å². The molecule has 2 N–H and O–H groups in total. The minimum absolute atomic E-state index is 0.0755. The van der Waals surface area contributed by atoms with Gasteiger partial charge in [-0.3, -0.25) is 4.79 Å². The van der Waals surface area contributed by atoms with Crippen LogP contribution in [0.3, 0.4) is 0 Å². The zero-order valence-corrected chi connectivity index (χ0v) is 16.7. The Bertz CT molecular complexity index is 302. The number of quaternary nitrogens is 1. The average Bonchev–Trinajstić information content (AvgIpc) is 2.61. The standard InChI is InChI=1S/C20H42NO4/c1-3-4-5-6-7-8-9-13-20(24)25-19-12-16-21(2,14-10-17-22)15-11-18-23/h22-23H,3-19H2,1-2H3/q+1. The van der Waals surface area contributed by atoms with E-state index in [-0.39, 0.29) is 19.2 Å². The zero-order chi connectivity index (χ0) is 18.8. The fraction of sp³-hybridized carbons (Fsp3) is 0.950. The lowest BCUT2D eigenvalue weighted by molar-refractivity contribution is -0.910. The van der Waals surface area contributed by atoms with Gasteiger partial charge in [0.2, 0.25) is 0 Å². The molecule has 0 radical (unpaired) electrons. The van der Waals surface area contributed by atoms with Gasteiger partial charge in [-0.15, -0.1) is 0 Å². The molecule has 0 spiro atoms. The largest absolute Gasteiger partial charge is 0.465 e. The van der Waals surface area contributed by atoms with Crippen LogP contribution in [0.25, 0.3) is 0 Å². The van der Waals surface area contributed by atoms with E-state index in [0.717, 1.165) is 56.2 Å². The zero-order valence-electron chi connectivity index (χ0n) is 16.7. The average molecular weight is 361 g/mol. The first kappa shape index (κ1) is 24.4.